The number of hydrogen-bond donors (Lipinski definition) is 2. The Kier molecular flexibility index (Phi) is 5.76. The van der Waals surface area contributed by atoms with Gasteiger partial charge in [-0.25, -0.2) is 0 Å². The summed E-state index contributed by atoms with van der Waals surface area (Å²) in [5, 5.41) is 11.6. The van der Waals surface area contributed by atoms with E-state index in [0.717, 1.165) is 9.99 Å². The molecule has 88 valence electrons. The fraction of sp³-hybridized carbons (Fsp3) is 0.417. The largest absolute Gasteiger partial charge is 0.396 e. The zero-order valence-electron chi connectivity index (χ0n) is 9.24. The Morgan fingerprint density at radius 2 is 2.06 bits per heavy atom. The maximum absolute atomic E-state index is 11.8. The standard InChI is InChI=1S/C12H16INO2/c1-9(3-2-8-15)14-12(16)10-4-6-11(13)7-5-10/h4-7,9,15H,2-3,8H2,1H3,(H,14,16). The van der Waals surface area contributed by atoms with Crippen LogP contribution >= 0.6 is 22.6 Å². The van der Waals surface area contributed by atoms with E-state index in [1.165, 1.54) is 0 Å². The van der Waals surface area contributed by atoms with Gasteiger partial charge >= 0.3 is 0 Å². The molecular formula is C12H16INO2. The minimum Gasteiger partial charge on any atom is -0.396 e. The van der Waals surface area contributed by atoms with E-state index >= 15 is 0 Å². The van der Waals surface area contributed by atoms with Crippen LogP contribution in [0.4, 0.5) is 0 Å². The first-order chi connectivity index (χ1) is 7.63. The molecule has 0 saturated heterocycles. The second-order valence-corrected chi connectivity index (χ2v) is 4.99. The normalized spacial score (nSPS) is 12.2. The van der Waals surface area contributed by atoms with Gasteiger partial charge in [-0.15, -0.1) is 0 Å². The molecule has 0 aromatic heterocycles. The molecule has 0 aliphatic rings. The van der Waals surface area contributed by atoms with Crippen LogP contribution in [0.5, 0.6) is 0 Å². The number of benzene rings is 1. The Bertz CT molecular complexity index is 337. The summed E-state index contributed by atoms with van der Waals surface area (Å²) in [7, 11) is 0. The molecule has 1 aromatic carbocycles. The van der Waals surface area contributed by atoms with Gasteiger partial charge in [0.05, 0.1) is 0 Å². The smallest absolute Gasteiger partial charge is 0.251 e. The van der Waals surface area contributed by atoms with Gasteiger partial charge in [0.2, 0.25) is 0 Å². The molecule has 1 atom stereocenters. The Hall–Kier alpha value is -0.620. The minimum absolute atomic E-state index is 0.0539. The van der Waals surface area contributed by atoms with Crippen molar-refractivity contribution >= 4 is 28.5 Å². The molecule has 0 saturated carbocycles. The van der Waals surface area contributed by atoms with Crippen LogP contribution in [0.1, 0.15) is 30.1 Å². The molecule has 0 bridgehead atoms. The van der Waals surface area contributed by atoms with E-state index in [0.29, 0.717) is 12.0 Å². The Balaban J connectivity index is 2.48. The van der Waals surface area contributed by atoms with Gasteiger partial charge in [-0.3, -0.25) is 4.79 Å². The number of hydrogen-bond acceptors (Lipinski definition) is 2. The van der Waals surface area contributed by atoms with E-state index in [1.54, 1.807) is 0 Å². The lowest BCUT2D eigenvalue weighted by atomic mass is 10.1. The fourth-order valence-electron chi connectivity index (χ4n) is 1.38. The highest BCUT2D eigenvalue weighted by atomic mass is 127. The zero-order chi connectivity index (χ0) is 12.0. The lowest BCUT2D eigenvalue weighted by molar-refractivity contribution is 0.0936. The van der Waals surface area contributed by atoms with Crippen molar-refractivity contribution in [3.63, 3.8) is 0 Å². The van der Waals surface area contributed by atoms with Gasteiger partial charge in [-0.1, -0.05) is 0 Å². The molecule has 1 unspecified atom stereocenters. The molecule has 4 heteroatoms. The first-order valence-electron chi connectivity index (χ1n) is 5.30. The first-order valence-corrected chi connectivity index (χ1v) is 6.38. The average molecular weight is 333 g/mol. The Morgan fingerprint density at radius 1 is 1.44 bits per heavy atom. The van der Waals surface area contributed by atoms with Crippen LogP contribution in [0.15, 0.2) is 24.3 Å². The first kappa shape index (κ1) is 13.4. The van der Waals surface area contributed by atoms with Crippen LogP contribution in [-0.4, -0.2) is 23.7 Å². The number of rotatable bonds is 5. The van der Waals surface area contributed by atoms with Crippen LogP contribution in [0, 0.1) is 3.57 Å². The van der Waals surface area contributed by atoms with Crippen molar-refractivity contribution in [2.24, 2.45) is 0 Å². The molecule has 0 heterocycles. The van der Waals surface area contributed by atoms with E-state index in [1.807, 2.05) is 31.2 Å². The molecular weight excluding hydrogens is 317 g/mol. The molecule has 0 spiro atoms. The molecule has 1 amide bonds. The summed E-state index contributed by atoms with van der Waals surface area (Å²) in [5.74, 6) is -0.0539. The number of amides is 1. The highest BCUT2D eigenvalue weighted by molar-refractivity contribution is 14.1. The fourth-order valence-corrected chi connectivity index (χ4v) is 1.74. The third-order valence-electron chi connectivity index (χ3n) is 2.28. The number of carbonyl (C=O) groups is 1. The van der Waals surface area contributed by atoms with Crippen LogP contribution in [0.3, 0.4) is 0 Å². The van der Waals surface area contributed by atoms with Crippen molar-refractivity contribution in [1.29, 1.82) is 0 Å². The highest BCUT2D eigenvalue weighted by Crippen LogP contribution is 2.07. The summed E-state index contributed by atoms with van der Waals surface area (Å²) in [6.07, 6.45) is 1.51. The third-order valence-corrected chi connectivity index (χ3v) is 3.00. The van der Waals surface area contributed by atoms with E-state index in [2.05, 4.69) is 27.9 Å². The molecule has 0 aliphatic heterocycles. The molecule has 3 nitrogen and oxygen atoms in total. The van der Waals surface area contributed by atoms with Gasteiger partial charge in [-0.2, -0.15) is 0 Å². The van der Waals surface area contributed by atoms with Crippen LogP contribution in [0.25, 0.3) is 0 Å². The van der Waals surface area contributed by atoms with Crippen molar-refractivity contribution in [2.75, 3.05) is 6.61 Å². The molecule has 0 radical (unpaired) electrons. The summed E-state index contributed by atoms with van der Waals surface area (Å²) >= 11 is 2.20. The molecule has 1 rings (SSSR count). The van der Waals surface area contributed by atoms with Gasteiger partial charge < -0.3 is 10.4 Å². The van der Waals surface area contributed by atoms with Gasteiger partial charge in [0.25, 0.3) is 5.91 Å². The molecule has 2 N–H and O–H groups in total. The summed E-state index contributed by atoms with van der Waals surface area (Å²) < 4.78 is 1.11. The molecule has 16 heavy (non-hydrogen) atoms. The van der Waals surface area contributed by atoms with Crippen molar-refractivity contribution in [3.05, 3.63) is 33.4 Å². The van der Waals surface area contributed by atoms with Gasteiger partial charge in [0, 0.05) is 21.8 Å². The topological polar surface area (TPSA) is 49.3 Å². The summed E-state index contributed by atoms with van der Waals surface area (Å²) in [5.41, 5.74) is 0.677. The van der Waals surface area contributed by atoms with Crippen molar-refractivity contribution in [3.8, 4) is 0 Å². The van der Waals surface area contributed by atoms with E-state index < -0.39 is 0 Å². The lowest BCUT2D eigenvalue weighted by Crippen LogP contribution is -2.32. The quantitative estimate of drug-likeness (QED) is 0.812. The Morgan fingerprint density at radius 3 is 2.62 bits per heavy atom. The van der Waals surface area contributed by atoms with Crippen LogP contribution < -0.4 is 5.32 Å². The maximum atomic E-state index is 11.8. The van der Waals surface area contributed by atoms with Crippen LogP contribution in [-0.2, 0) is 0 Å². The minimum atomic E-state index is -0.0539. The summed E-state index contributed by atoms with van der Waals surface area (Å²) in [4.78, 5) is 11.8. The van der Waals surface area contributed by atoms with E-state index in [9.17, 15) is 4.79 Å². The number of halogens is 1. The van der Waals surface area contributed by atoms with Gasteiger partial charge in [0.1, 0.15) is 0 Å². The average Bonchev–Trinajstić information content (AvgIpc) is 2.27. The molecule has 0 fully saturated rings. The predicted molar refractivity (Wildman–Crippen MR) is 72.4 cm³/mol. The Labute approximate surface area is 109 Å². The number of aliphatic hydroxyl groups excluding tert-OH is 1. The van der Waals surface area contributed by atoms with Gasteiger partial charge in [-0.05, 0) is 66.6 Å². The van der Waals surface area contributed by atoms with Gasteiger partial charge in [0.15, 0.2) is 0 Å². The number of aliphatic hydroxyl groups is 1. The van der Waals surface area contributed by atoms with Crippen LogP contribution in [0.2, 0.25) is 0 Å². The lowest BCUT2D eigenvalue weighted by Gasteiger charge is -2.13. The second kappa shape index (κ2) is 6.85. The zero-order valence-corrected chi connectivity index (χ0v) is 11.4. The van der Waals surface area contributed by atoms with Crippen molar-refractivity contribution in [2.45, 2.75) is 25.8 Å². The predicted octanol–water partition coefficient (Wildman–Crippen LogP) is 2.18. The maximum Gasteiger partial charge on any atom is 0.251 e. The molecule has 0 aliphatic carbocycles. The van der Waals surface area contributed by atoms with Crippen molar-refractivity contribution < 1.29 is 9.90 Å². The number of nitrogens with one attached hydrogen (secondary N) is 1. The number of carbonyl (C=O) groups excluding carboxylic acids is 1. The third kappa shape index (κ3) is 4.49. The van der Waals surface area contributed by atoms with Crippen molar-refractivity contribution in [1.82, 2.24) is 5.32 Å². The van der Waals surface area contributed by atoms with E-state index in [4.69, 9.17) is 5.11 Å². The monoisotopic (exact) mass is 333 g/mol. The van der Waals surface area contributed by atoms with E-state index in [-0.39, 0.29) is 18.6 Å². The summed E-state index contributed by atoms with van der Waals surface area (Å²) in [6.45, 7) is 2.12. The molecule has 1 aromatic rings. The second-order valence-electron chi connectivity index (χ2n) is 3.75. The summed E-state index contributed by atoms with van der Waals surface area (Å²) in [6, 6.07) is 7.55. The SMILES string of the molecule is CC(CCCO)NC(=O)c1ccc(I)cc1. The highest BCUT2D eigenvalue weighted by Gasteiger charge is 2.08.